The number of nitrogens with one attached hydrogen (secondary N) is 2. The molecule has 0 aromatic heterocycles. The Labute approximate surface area is 168 Å². The number of morpholine rings is 1. The fourth-order valence-corrected chi connectivity index (χ4v) is 3.65. The number of hydrogen-bond donors (Lipinski definition) is 2. The van der Waals surface area contributed by atoms with Crippen LogP contribution in [0.1, 0.15) is 32.3 Å². The number of hydrogen-bond acceptors (Lipinski definition) is 4. The van der Waals surface area contributed by atoms with Gasteiger partial charge in [0.05, 0.1) is 19.8 Å². The maximum Gasteiger partial charge on any atom is 0.222 e. The molecule has 0 saturated carbocycles. The van der Waals surface area contributed by atoms with Gasteiger partial charge in [-0.3, -0.25) is 4.79 Å². The summed E-state index contributed by atoms with van der Waals surface area (Å²) in [6.45, 7) is 10.5. The van der Waals surface area contributed by atoms with Gasteiger partial charge in [-0.25, -0.2) is 4.99 Å². The minimum atomic E-state index is 0.228. The first-order chi connectivity index (χ1) is 13.7. The monoisotopic (exact) mass is 387 g/mol. The molecule has 7 heteroatoms. The standard InChI is InChI=1S/C21H33N5O2/c1-3-20(27)26-10-9-18(16-26)24-21(22-4-2)23-15-17-5-7-19(8-6-17)25-11-13-28-14-12-25/h5-8,18H,3-4,9-16H2,1-2H3,(H2,22,23,24). The van der Waals surface area contributed by atoms with E-state index < -0.39 is 0 Å². The van der Waals surface area contributed by atoms with E-state index in [0.717, 1.165) is 58.3 Å². The van der Waals surface area contributed by atoms with Crippen molar-refractivity contribution in [3.8, 4) is 0 Å². The molecule has 1 amide bonds. The lowest BCUT2D eigenvalue weighted by Gasteiger charge is -2.28. The number of guanidine groups is 1. The smallest absolute Gasteiger partial charge is 0.222 e. The molecule has 1 aromatic carbocycles. The first kappa shape index (κ1) is 20.5. The predicted molar refractivity (Wildman–Crippen MR) is 113 cm³/mol. The molecule has 3 rings (SSSR count). The summed E-state index contributed by atoms with van der Waals surface area (Å²) in [4.78, 5) is 20.9. The highest BCUT2D eigenvalue weighted by molar-refractivity contribution is 5.80. The molecule has 2 fully saturated rings. The summed E-state index contributed by atoms with van der Waals surface area (Å²) < 4.78 is 5.42. The molecule has 2 aliphatic heterocycles. The second-order valence-electron chi connectivity index (χ2n) is 7.28. The van der Waals surface area contributed by atoms with E-state index in [1.807, 2.05) is 11.8 Å². The van der Waals surface area contributed by atoms with E-state index in [1.54, 1.807) is 0 Å². The third-order valence-electron chi connectivity index (χ3n) is 5.26. The molecule has 28 heavy (non-hydrogen) atoms. The van der Waals surface area contributed by atoms with Gasteiger partial charge in [0.1, 0.15) is 0 Å². The normalized spacial score (nSPS) is 20.4. The number of anilines is 1. The third kappa shape index (κ3) is 5.61. The van der Waals surface area contributed by atoms with Crippen LogP contribution in [0.3, 0.4) is 0 Å². The average molecular weight is 388 g/mol. The maximum absolute atomic E-state index is 11.9. The minimum absolute atomic E-state index is 0.228. The number of likely N-dealkylation sites (tertiary alicyclic amines) is 1. The number of ether oxygens (including phenoxy) is 1. The summed E-state index contributed by atoms with van der Waals surface area (Å²) in [6.07, 6.45) is 1.53. The van der Waals surface area contributed by atoms with Crippen LogP contribution in [-0.4, -0.2) is 68.7 Å². The van der Waals surface area contributed by atoms with Crippen LogP contribution < -0.4 is 15.5 Å². The van der Waals surface area contributed by atoms with Gasteiger partial charge in [0.25, 0.3) is 0 Å². The van der Waals surface area contributed by atoms with Crippen LogP contribution in [-0.2, 0) is 16.1 Å². The zero-order valence-corrected chi connectivity index (χ0v) is 17.1. The number of amides is 1. The molecule has 2 aliphatic rings. The average Bonchev–Trinajstić information content (AvgIpc) is 3.21. The molecular weight excluding hydrogens is 354 g/mol. The second-order valence-corrected chi connectivity index (χ2v) is 7.28. The van der Waals surface area contributed by atoms with Gasteiger partial charge < -0.3 is 25.2 Å². The van der Waals surface area contributed by atoms with Crippen LogP contribution in [0, 0.1) is 0 Å². The van der Waals surface area contributed by atoms with Crippen LogP contribution in [0.15, 0.2) is 29.3 Å². The number of aliphatic imine (C=N–C) groups is 1. The van der Waals surface area contributed by atoms with Gasteiger partial charge in [0.15, 0.2) is 5.96 Å². The van der Waals surface area contributed by atoms with Gasteiger partial charge in [-0.15, -0.1) is 0 Å². The Morgan fingerprint density at radius 3 is 2.61 bits per heavy atom. The van der Waals surface area contributed by atoms with E-state index in [-0.39, 0.29) is 11.9 Å². The van der Waals surface area contributed by atoms with E-state index >= 15 is 0 Å². The molecule has 0 aliphatic carbocycles. The Balaban J connectivity index is 1.54. The van der Waals surface area contributed by atoms with Gasteiger partial charge >= 0.3 is 0 Å². The number of rotatable bonds is 6. The van der Waals surface area contributed by atoms with Gasteiger partial charge in [0.2, 0.25) is 5.91 Å². The van der Waals surface area contributed by atoms with Crippen molar-refractivity contribution in [3.05, 3.63) is 29.8 Å². The van der Waals surface area contributed by atoms with Crippen LogP contribution in [0.25, 0.3) is 0 Å². The molecule has 0 spiro atoms. The summed E-state index contributed by atoms with van der Waals surface area (Å²) in [5.74, 6) is 1.04. The first-order valence-corrected chi connectivity index (χ1v) is 10.4. The summed E-state index contributed by atoms with van der Waals surface area (Å²) >= 11 is 0. The third-order valence-corrected chi connectivity index (χ3v) is 5.26. The van der Waals surface area contributed by atoms with Crippen molar-refractivity contribution in [2.75, 3.05) is 50.8 Å². The molecule has 2 N–H and O–H groups in total. The highest BCUT2D eigenvalue weighted by Crippen LogP contribution is 2.17. The lowest BCUT2D eigenvalue weighted by atomic mass is 10.2. The fourth-order valence-electron chi connectivity index (χ4n) is 3.65. The lowest BCUT2D eigenvalue weighted by Crippen LogP contribution is -2.45. The number of benzene rings is 1. The molecule has 0 radical (unpaired) electrons. The van der Waals surface area contributed by atoms with Crippen LogP contribution in [0.2, 0.25) is 0 Å². The minimum Gasteiger partial charge on any atom is -0.378 e. The van der Waals surface area contributed by atoms with Gasteiger partial charge in [0, 0.05) is 50.9 Å². The van der Waals surface area contributed by atoms with Gasteiger partial charge in [-0.2, -0.15) is 0 Å². The van der Waals surface area contributed by atoms with Crippen molar-refractivity contribution in [2.45, 2.75) is 39.3 Å². The SMILES string of the molecule is CCNC(=NCc1ccc(N2CCOCC2)cc1)NC1CCN(C(=O)CC)C1. The number of nitrogens with zero attached hydrogens (tertiary/aromatic N) is 3. The van der Waals surface area contributed by atoms with Crippen molar-refractivity contribution < 1.29 is 9.53 Å². The number of carbonyl (C=O) groups excluding carboxylic acids is 1. The molecule has 2 heterocycles. The Hall–Kier alpha value is -2.28. The quantitative estimate of drug-likeness (QED) is 0.573. The largest absolute Gasteiger partial charge is 0.378 e. The van der Waals surface area contributed by atoms with Crippen molar-refractivity contribution in [1.29, 1.82) is 0 Å². The van der Waals surface area contributed by atoms with Crippen molar-refractivity contribution >= 4 is 17.6 Å². The summed E-state index contributed by atoms with van der Waals surface area (Å²) in [6, 6.07) is 8.89. The topological polar surface area (TPSA) is 69.2 Å². The summed E-state index contributed by atoms with van der Waals surface area (Å²) in [5.41, 5.74) is 2.43. The Morgan fingerprint density at radius 1 is 1.18 bits per heavy atom. The van der Waals surface area contributed by atoms with E-state index in [1.165, 1.54) is 11.3 Å². The zero-order chi connectivity index (χ0) is 19.8. The van der Waals surface area contributed by atoms with Crippen LogP contribution in [0.4, 0.5) is 5.69 Å². The number of carbonyl (C=O) groups is 1. The Morgan fingerprint density at radius 2 is 1.93 bits per heavy atom. The molecule has 1 aromatic rings. The van der Waals surface area contributed by atoms with Gasteiger partial charge in [-0.1, -0.05) is 19.1 Å². The Kier molecular flexibility index (Phi) is 7.54. The van der Waals surface area contributed by atoms with Crippen LogP contribution in [0.5, 0.6) is 0 Å². The van der Waals surface area contributed by atoms with Gasteiger partial charge in [-0.05, 0) is 31.0 Å². The van der Waals surface area contributed by atoms with E-state index in [9.17, 15) is 4.79 Å². The fraction of sp³-hybridized carbons (Fsp3) is 0.619. The summed E-state index contributed by atoms with van der Waals surface area (Å²) in [5, 5.41) is 6.80. The van der Waals surface area contributed by atoms with E-state index in [2.05, 4.69) is 46.7 Å². The van der Waals surface area contributed by atoms with Crippen molar-refractivity contribution in [1.82, 2.24) is 15.5 Å². The van der Waals surface area contributed by atoms with Crippen LogP contribution >= 0.6 is 0 Å². The predicted octanol–water partition coefficient (Wildman–Crippen LogP) is 1.59. The molecule has 154 valence electrons. The first-order valence-electron chi connectivity index (χ1n) is 10.4. The van der Waals surface area contributed by atoms with Crippen molar-refractivity contribution in [3.63, 3.8) is 0 Å². The molecule has 0 bridgehead atoms. The molecule has 1 unspecified atom stereocenters. The molecule has 1 atom stereocenters. The highest BCUT2D eigenvalue weighted by atomic mass is 16.5. The Bertz CT molecular complexity index is 655. The van der Waals surface area contributed by atoms with Crippen molar-refractivity contribution in [2.24, 2.45) is 4.99 Å². The second kappa shape index (κ2) is 10.3. The highest BCUT2D eigenvalue weighted by Gasteiger charge is 2.25. The molecular formula is C21H33N5O2. The zero-order valence-electron chi connectivity index (χ0n) is 17.1. The molecule has 7 nitrogen and oxygen atoms in total. The molecule has 2 saturated heterocycles. The van der Waals surface area contributed by atoms with E-state index in [0.29, 0.717) is 13.0 Å². The maximum atomic E-state index is 11.9. The summed E-state index contributed by atoms with van der Waals surface area (Å²) in [7, 11) is 0. The van der Waals surface area contributed by atoms with E-state index in [4.69, 9.17) is 9.73 Å². The lowest BCUT2D eigenvalue weighted by molar-refractivity contribution is -0.129.